The van der Waals surface area contributed by atoms with E-state index in [0.717, 1.165) is 5.56 Å². The number of benzene rings is 1. The van der Waals surface area contributed by atoms with Crippen LogP contribution in [0.15, 0.2) is 29.4 Å². The number of hydrogen-bond donors (Lipinski definition) is 2. The summed E-state index contributed by atoms with van der Waals surface area (Å²) in [5.41, 5.74) is 3.92. The fraction of sp³-hybridized carbons (Fsp3) is 0.471. The molecule has 2 amide bonds. The van der Waals surface area contributed by atoms with E-state index in [2.05, 4.69) is 36.6 Å². The minimum absolute atomic E-state index is 0.0922. The largest absolute Gasteiger partial charge is 0.343 e. The summed E-state index contributed by atoms with van der Waals surface area (Å²) in [7, 11) is 0. The predicted octanol–water partition coefficient (Wildman–Crippen LogP) is 2.35. The molecule has 0 heterocycles. The van der Waals surface area contributed by atoms with E-state index in [4.69, 9.17) is 0 Å². The molecule has 0 aromatic heterocycles. The van der Waals surface area contributed by atoms with Crippen LogP contribution in [0, 0.1) is 0 Å². The highest BCUT2D eigenvalue weighted by Gasteiger charge is 2.19. The average molecular weight is 303 g/mol. The summed E-state index contributed by atoms with van der Waals surface area (Å²) in [5.74, 6) is -1.48. The van der Waals surface area contributed by atoms with E-state index in [1.165, 1.54) is 11.8 Å². The quantitative estimate of drug-likeness (QED) is 0.500. The lowest BCUT2D eigenvalue weighted by atomic mass is 9.87. The first-order valence-electron chi connectivity index (χ1n) is 7.25. The van der Waals surface area contributed by atoms with Crippen molar-refractivity contribution in [2.75, 3.05) is 0 Å². The first-order valence-corrected chi connectivity index (χ1v) is 7.25. The van der Waals surface area contributed by atoms with Crippen molar-refractivity contribution in [1.82, 2.24) is 10.7 Å². The van der Waals surface area contributed by atoms with Gasteiger partial charge in [0.05, 0.1) is 6.21 Å². The number of amides is 2. The molecule has 22 heavy (non-hydrogen) atoms. The van der Waals surface area contributed by atoms with Gasteiger partial charge in [-0.05, 0) is 37.3 Å². The van der Waals surface area contributed by atoms with Gasteiger partial charge in [0, 0.05) is 5.54 Å². The Bertz CT molecular complexity index is 561. The van der Waals surface area contributed by atoms with E-state index >= 15 is 0 Å². The Morgan fingerprint density at radius 2 is 1.50 bits per heavy atom. The summed E-state index contributed by atoms with van der Waals surface area (Å²) < 4.78 is 0. The molecule has 0 fully saturated rings. The Morgan fingerprint density at radius 3 is 1.95 bits per heavy atom. The van der Waals surface area contributed by atoms with Crippen molar-refractivity contribution < 1.29 is 9.59 Å². The van der Waals surface area contributed by atoms with Crippen molar-refractivity contribution in [3.05, 3.63) is 35.4 Å². The van der Waals surface area contributed by atoms with Crippen LogP contribution in [-0.2, 0) is 15.0 Å². The third kappa shape index (κ3) is 6.08. The van der Waals surface area contributed by atoms with Gasteiger partial charge in [-0.1, -0.05) is 45.0 Å². The summed E-state index contributed by atoms with van der Waals surface area (Å²) >= 11 is 0. The van der Waals surface area contributed by atoms with E-state index in [1.807, 2.05) is 24.3 Å². The number of carbonyl (C=O) groups excluding carboxylic acids is 2. The van der Waals surface area contributed by atoms with Crippen LogP contribution in [0.1, 0.15) is 52.7 Å². The summed E-state index contributed by atoms with van der Waals surface area (Å²) in [5, 5.41) is 6.37. The Balaban J connectivity index is 2.59. The first-order chi connectivity index (χ1) is 9.99. The minimum Gasteiger partial charge on any atom is -0.343 e. The zero-order chi connectivity index (χ0) is 17.0. The highest BCUT2D eigenvalue weighted by Crippen LogP contribution is 2.21. The van der Waals surface area contributed by atoms with E-state index in [-0.39, 0.29) is 5.41 Å². The second-order valence-corrected chi connectivity index (χ2v) is 7.28. The standard InChI is InChI=1S/C17H25N3O2/c1-16(2,3)13-9-7-12(8-10-13)11-18-20-15(22)14(21)19-17(4,5)6/h7-11H,1-6H3,(H,19,21)(H,20,22). The van der Waals surface area contributed by atoms with Crippen LogP contribution in [0.25, 0.3) is 0 Å². The molecule has 0 spiro atoms. The first kappa shape index (κ1) is 17.9. The average Bonchev–Trinajstić information content (AvgIpc) is 2.36. The molecule has 5 nitrogen and oxygen atoms in total. The van der Waals surface area contributed by atoms with Gasteiger partial charge >= 0.3 is 11.8 Å². The van der Waals surface area contributed by atoms with E-state index in [1.54, 1.807) is 20.8 Å². The van der Waals surface area contributed by atoms with Gasteiger partial charge in [0.2, 0.25) is 0 Å². The fourth-order valence-corrected chi connectivity index (χ4v) is 1.68. The number of nitrogens with zero attached hydrogens (tertiary/aromatic N) is 1. The van der Waals surface area contributed by atoms with Gasteiger partial charge in [0.15, 0.2) is 0 Å². The van der Waals surface area contributed by atoms with Gasteiger partial charge in [0.1, 0.15) is 0 Å². The molecule has 0 aliphatic rings. The fourth-order valence-electron chi connectivity index (χ4n) is 1.68. The van der Waals surface area contributed by atoms with Crippen molar-refractivity contribution in [3.63, 3.8) is 0 Å². The molecular formula is C17H25N3O2. The summed E-state index contributed by atoms with van der Waals surface area (Å²) in [6, 6.07) is 7.89. The molecular weight excluding hydrogens is 278 g/mol. The van der Waals surface area contributed by atoms with E-state index < -0.39 is 17.4 Å². The maximum atomic E-state index is 11.6. The van der Waals surface area contributed by atoms with Gasteiger partial charge in [0.25, 0.3) is 0 Å². The second kappa shape index (κ2) is 6.73. The van der Waals surface area contributed by atoms with Gasteiger partial charge in [-0.3, -0.25) is 9.59 Å². The van der Waals surface area contributed by atoms with Crippen molar-refractivity contribution in [2.45, 2.75) is 52.5 Å². The molecule has 0 aliphatic heterocycles. The van der Waals surface area contributed by atoms with Crippen molar-refractivity contribution >= 4 is 18.0 Å². The summed E-state index contributed by atoms with van der Waals surface area (Å²) in [6.07, 6.45) is 1.51. The maximum Gasteiger partial charge on any atom is 0.329 e. The van der Waals surface area contributed by atoms with Crippen LogP contribution >= 0.6 is 0 Å². The van der Waals surface area contributed by atoms with Crippen LogP contribution in [0.4, 0.5) is 0 Å². The molecule has 120 valence electrons. The molecule has 1 aromatic carbocycles. The Kier molecular flexibility index (Phi) is 5.47. The van der Waals surface area contributed by atoms with Gasteiger partial charge in [-0.2, -0.15) is 5.10 Å². The Labute approximate surface area is 132 Å². The molecule has 2 N–H and O–H groups in total. The Morgan fingerprint density at radius 1 is 0.955 bits per heavy atom. The number of hydrogen-bond acceptors (Lipinski definition) is 3. The molecule has 0 aliphatic carbocycles. The molecule has 5 heteroatoms. The molecule has 1 rings (SSSR count). The van der Waals surface area contributed by atoms with Crippen LogP contribution in [0.5, 0.6) is 0 Å². The zero-order valence-corrected chi connectivity index (χ0v) is 14.2. The molecule has 0 unspecified atom stereocenters. The van der Waals surface area contributed by atoms with E-state index in [0.29, 0.717) is 0 Å². The topological polar surface area (TPSA) is 70.6 Å². The third-order valence-corrected chi connectivity index (χ3v) is 2.85. The molecule has 0 saturated heterocycles. The van der Waals surface area contributed by atoms with Crippen molar-refractivity contribution in [3.8, 4) is 0 Å². The second-order valence-electron chi connectivity index (χ2n) is 7.28. The zero-order valence-electron chi connectivity index (χ0n) is 14.2. The number of hydrazone groups is 1. The maximum absolute atomic E-state index is 11.6. The lowest BCUT2D eigenvalue weighted by molar-refractivity contribution is -0.140. The number of rotatable bonds is 2. The summed E-state index contributed by atoms with van der Waals surface area (Å²) in [4.78, 5) is 23.1. The predicted molar refractivity (Wildman–Crippen MR) is 88.8 cm³/mol. The third-order valence-electron chi connectivity index (χ3n) is 2.85. The molecule has 0 bridgehead atoms. The molecule has 0 radical (unpaired) electrons. The van der Waals surface area contributed by atoms with Crippen LogP contribution in [0.2, 0.25) is 0 Å². The smallest absolute Gasteiger partial charge is 0.329 e. The van der Waals surface area contributed by atoms with Gasteiger partial charge < -0.3 is 5.32 Å². The lowest BCUT2D eigenvalue weighted by Crippen LogP contribution is -2.47. The minimum atomic E-state index is -0.780. The van der Waals surface area contributed by atoms with Crippen LogP contribution in [0.3, 0.4) is 0 Å². The van der Waals surface area contributed by atoms with Crippen molar-refractivity contribution in [2.24, 2.45) is 5.10 Å². The van der Waals surface area contributed by atoms with Crippen LogP contribution < -0.4 is 10.7 Å². The van der Waals surface area contributed by atoms with Crippen molar-refractivity contribution in [1.29, 1.82) is 0 Å². The molecule has 0 saturated carbocycles. The molecule has 0 atom stereocenters. The van der Waals surface area contributed by atoms with Gasteiger partial charge in [-0.25, -0.2) is 5.43 Å². The highest BCUT2D eigenvalue weighted by molar-refractivity contribution is 6.35. The highest BCUT2D eigenvalue weighted by atomic mass is 16.2. The summed E-state index contributed by atoms with van der Waals surface area (Å²) in [6.45, 7) is 11.8. The SMILES string of the molecule is CC(C)(C)NC(=O)C(=O)NN=Cc1ccc(C(C)(C)C)cc1. The lowest BCUT2D eigenvalue weighted by Gasteiger charge is -2.19. The van der Waals surface area contributed by atoms with E-state index in [9.17, 15) is 9.59 Å². The number of nitrogens with one attached hydrogen (secondary N) is 2. The normalized spacial score (nSPS) is 12.3. The molecule has 1 aromatic rings. The van der Waals surface area contributed by atoms with Gasteiger partial charge in [-0.15, -0.1) is 0 Å². The number of carbonyl (C=O) groups is 2. The monoisotopic (exact) mass is 303 g/mol. The Hall–Kier alpha value is -2.17. The van der Waals surface area contributed by atoms with Crippen LogP contribution in [-0.4, -0.2) is 23.6 Å².